The highest BCUT2D eigenvalue weighted by Gasteiger charge is 2.44. The van der Waals surface area contributed by atoms with Crippen LogP contribution >= 0.6 is 0 Å². The van der Waals surface area contributed by atoms with E-state index in [0.717, 1.165) is 5.56 Å². The fourth-order valence-electron chi connectivity index (χ4n) is 4.64. The minimum atomic E-state index is -0.809. The smallest absolute Gasteiger partial charge is 0.336 e. The van der Waals surface area contributed by atoms with Crippen LogP contribution in [-0.2, 0) is 9.53 Å². The molecule has 2 aliphatic rings. The first kappa shape index (κ1) is 22.1. The van der Waals surface area contributed by atoms with Gasteiger partial charge in [-0.15, -0.1) is 0 Å². The van der Waals surface area contributed by atoms with Gasteiger partial charge in [0.15, 0.2) is 5.78 Å². The number of nitrogens with one attached hydrogen (secondary N) is 1. The Kier molecular flexibility index (Phi) is 5.24. The van der Waals surface area contributed by atoms with E-state index in [1.807, 2.05) is 12.1 Å². The molecule has 2 heterocycles. The number of methoxy groups -OCH3 is 2. The first-order chi connectivity index (χ1) is 16.8. The summed E-state index contributed by atoms with van der Waals surface area (Å²) in [5, 5.41) is 14.4. The van der Waals surface area contributed by atoms with Crippen LogP contribution in [0.1, 0.15) is 34.5 Å². The average molecular weight is 472 g/mol. The minimum absolute atomic E-state index is 0.119. The Bertz CT molecular complexity index is 1480. The van der Waals surface area contributed by atoms with Crippen LogP contribution in [0.5, 0.6) is 5.75 Å². The van der Waals surface area contributed by atoms with Gasteiger partial charge < -0.3 is 19.2 Å². The lowest BCUT2D eigenvalue weighted by molar-refractivity contribution is -0.384. The molecule has 1 aliphatic heterocycles. The van der Waals surface area contributed by atoms with Crippen molar-refractivity contribution in [3.05, 3.63) is 98.4 Å². The molecule has 1 aliphatic carbocycles. The highest BCUT2D eigenvalue weighted by molar-refractivity contribution is 6.23. The largest absolute Gasteiger partial charge is 0.496 e. The van der Waals surface area contributed by atoms with E-state index in [0.29, 0.717) is 39.6 Å². The highest BCUT2D eigenvalue weighted by atomic mass is 16.6. The monoisotopic (exact) mass is 472 g/mol. The number of carbonyl (C=O) groups is 2. The molecule has 3 aromatic rings. The summed E-state index contributed by atoms with van der Waals surface area (Å²) in [5.41, 5.74) is 3.52. The van der Waals surface area contributed by atoms with Crippen molar-refractivity contribution in [3.63, 3.8) is 0 Å². The number of allylic oxidation sites excluding steroid dienone is 2. The number of non-ortho nitro benzene ring substituents is 1. The Hall–Kier alpha value is -4.66. The van der Waals surface area contributed by atoms with Crippen LogP contribution in [0.4, 0.5) is 5.69 Å². The molecule has 1 atom stereocenters. The number of hydrogen-bond acceptors (Lipinski definition) is 8. The molecule has 5 rings (SSSR count). The summed E-state index contributed by atoms with van der Waals surface area (Å²) in [5.74, 6) is -0.604. The third-order valence-corrected chi connectivity index (χ3v) is 6.23. The highest BCUT2D eigenvalue weighted by Crippen LogP contribution is 2.48. The molecule has 35 heavy (non-hydrogen) atoms. The third-order valence-electron chi connectivity index (χ3n) is 6.23. The predicted octanol–water partition coefficient (Wildman–Crippen LogP) is 4.60. The van der Waals surface area contributed by atoms with Crippen LogP contribution < -0.4 is 10.1 Å². The number of ketones is 1. The number of hydrogen-bond donors (Lipinski definition) is 1. The van der Waals surface area contributed by atoms with Gasteiger partial charge >= 0.3 is 5.97 Å². The number of ether oxygens (including phenoxy) is 2. The second-order valence-corrected chi connectivity index (χ2v) is 8.10. The van der Waals surface area contributed by atoms with E-state index >= 15 is 0 Å². The van der Waals surface area contributed by atoms with Gasteiger partial charge in [0.05, 0.1) is 48.0 Å². The zero-order valence-corrected chi connectivity index (χ0v) is 19.1. The standard InChI is InChI=1S/C26H20N2O7/c1-13-21(26(30)34-3)22(23-24(27-13)15-6-4-5-7-16(15)25(23)29)19-11-10-18(35-19)17-9-8-14(28(31)32)12-20(17)33-2/h4-12,22,27H,1-3H3/t22-/m1/s1. The van der Waals surface area contributed by atoms with E-state index in [4.69, 9.17) is 13.9 Å². The maximum absolute atomic E-state index is 13.5. The second kappa shape index (κ2) is 8.28. The molecule has 0 saturated heterocycles. The molecule has 0 fully saturated rings. The Balaban J connectivity index is 1.65. The molecule has 9 nitrogen and oxygen atoms in total. The minimum Gasteiger partial charge on any atom is -0.496 e. The number of rotatable bonds is 5. The maximum Gasteiger partial charge on any atom is 0.336 e. The normalized spacial score (nSPS) is 16.5. The number of fused-ring (bicyclic) bond motifs is 2. The lowest BCUT2D eigenvalue weighted by Gasteiger charge is -2.27. The molecule has 0 unspecified atom stereocenters. The van der Waals surface area contributed by atoms with Crippen LogP contribution in [0.25, 0.3) is 17.0 Å². The molecular formula is C26H20N2O7. The van der Waals surface area contributed by atoms with Gasteiger partial charge in [0.25, 0.3) is 5.69 Å². The van der Waals surface area contributed by atoms with E-state index in [-0.39, 0.29) is 22.8 Å². The number of carbonyl (C=O) groups excluding carboxylic acids is 2. The Labute approximate surface area is 199 Å². The molecule has 0 spiro atoms. The predicted molar refractivity (Wildman–Crippen MR) is 126 cm³/mol. The van der Waals surface area contributed by atoms with Crippen molar-refractivity contribution in [1.29, 1.82) is 0 Å². The van der Waals surface area contributed by atoms with Gasteiger partial charge in [0.1, 0.15) is 17.3 Å². The van der Waals surface area contributed by atoms with Crippen LogP contribution in [0.2, 0.25) is 0 Å². The molecular weight excluding hydrogens is 452 g/mol. The van der Waals surface area contributed by atoms with E-state index in [9.17, 15) is 19.7 Å². The van der Waals surface area contributed by atoms with Gasteiger partial charge in [0.2, 0.25) is 0 Å². The molecule has 0 bridgehead atoms. The van der Waals surface area contributed by atoms with Crippen molar-refractivity contribution in [2.45, 2.75) is 12.8 Å². The number of nitrogens with zero attached hydrogens (tertiary/aromatic N) is 1. The molecule has 0 amide bonds. The number of dihydropyridines is 1. The summed E-state index contributed by atoms with van der Waals surface area (Å²) >= 11 is 0. The van der Waals surface area contributed by atoms with E-state index < -0.39 is 16.8 Å². The summed E-state index contributed by atoms with van der Waals surface area (Å²) in [7, 11) is 2.69. The number of furan rings is 1. The first-order valence-corrected chi connectivity index (χ1v) is 10.7. The fourth-order valence-corrected chi connectivity index (χ4v) is 4.64. The van der Waals surface area contributed by atoms with Crippen molar-refractivity contribution >= 4 is 23.1 Å². The average Bonchev–Trinajstić information content (AvgIpc) is 3.46. The Morgan fingerprint density at radius 3 is 2.49 bits per heavy atom. The summed E-state index contributed by atoms with van der Waals surface area (Å²) in [6, 6.07) is 14.8. The number of nitro benzene ring substituents is 1. The lowest BCUT2D eigenvalue weighted by atomic mass is 9.83. The van der Waals surface area contributed by atoms with Gasteiger partial charge in [-0.25, -0.2) is 4.79 Å². The summed E-state index contributed by atoms with van der Waals surface area (Å²) < 4.78 is 16.6. The number of Topliss-reactive ketones (excluding diaryl/α,β-unsaturated/α-hetero) is 1. The molecule has 0 radical (unpaired) electrons. The van der Waals surface area contributed by atoms with Gasteiger partial charge in [-0.05, 0) is 25.1 Å². The number of benzene rings is 2. The summed E-state index contributed by atoms with van der Waals surface area (Å²) in [4.78, 5) is 36.9. The van der Waals surface area contributed by atoms with Crippen LogP contribution in [0.3, 0.4) is 0 Å². The van der Waals surface area contributed by atoms with Crippen LogP contribution in [-0.4, -0.2) is 30.9 Å². The van der Waals surface area contributed by atoms with Gasteiger partial charge in [-0.2, -0.15) is 0 Å². The fraction of sp³-hybridized carbons (Fsp3) is 0.154. The van der Waals surface area contributed by atoms with E-state index in [1.165, 1.54) is 32.4 Å². The van der Waals surface area contributed by atoms with Crippen molar-refractivity contribution in [1.82, 2.24) is 5.32 Å². The zero-order chi connectivity index (χ0) is 24.9. The topological polar surface area (TPSA) is 121 Å². The van der Waals surface area contributed by atoms with Crippen molar-refractivity contribution in [3.8, 4) is 17.1 Å². The van der Waals surface area contributed by atoms with E-state index in [2.05, 4.69) is 5.32 Å². The third kappa shape index (κ3) is 3.40. The molecule has 1 aromatic heterocycles. The SMILES string of the molecule is COC(=O)C1=C(C)NC2=C(C(=O)c3ccccc32)[C@@H]1c1ccc(-c2ccc([N+](=O)[O-])cc2OC)o1. The van der Waals surface area contributed by atoms with Crippen molar-refractivity contribution in [2.24, 2.45) is 0 Å². The zero-order valence-electron chi connectivity index (χ0n) is 19.1. The molecule has 2 aromatic carbocycles. The maximum atomic E-state index is 13.5. The van der Waals surface area contributed by atoms with Crippen LogP contribution in [0, 0.1) is 10.1 Å². The van der Waals surface area contributed by atoms with E-state index in [1.54, 1.807) is 31.2 Å². The number of esters is 1. The van der Waals surface area contributed by atoms with Crippen LogP contribution in [0.15, 0.2) is 75.9 Å². The summed E-state index contributed by atoms with van der Waals surface area (Å²) in [6.45, 7) is 1.75. The Morgan fingerprint density at radius 2 is 1.80 bits per heavy atom. The molecule has 0 saturated carbocycles. The second-order valence-electron chi connectivity index (χ2n) is 8.10. The van der Waals surface area contributed by atoms with Gasteiger partial charge in [0, 0.05) is 28.5 Å². The lowest BCUT2D eigenvalue weighted by Crippen LogP contribution is -2.28. The molecule has 9 heteroatoms. The first-order valence-electron chi connectivity index (χ1n) is 10.7. The molecule has 1 N–H and O–H groups in total. The summed E-state index contributed by atoms with van der Waals surface area (Å²) in [6.07, 6.45) is 0. The Morgan fingerprint density at radius 1 is 1.06 bits per heavy atom. The van der Waals surface area contributed by atoms with Gasteiger partial charge in [-0.1, -0.05) is 24.3 Å². The van der Waals surface area contributed by atoms with Gasteiger partial charge in [-0.3, -0.25) is 14.9 Å². The molecule has 176 valence electrons. The van der Waals surface area contributed by atoms with Crippen molar-refractivity contribution < 1.29 is 28.4 Å². The number of nitro groups is 1. The quantitative estimate of drug-likeness (QED) is 0.325. The van der Waals surface area contributed by atoms with Crippen molar-refractivity contribution in [2.75, 3.05) is 14.2 Å².